The maximum absolute atomic E-state index is 12.3. The molecule has 1 aromatic heterocycles. The van der Waals surface area contributed by atoms with Crippen LogP contribution in [-0.2, 0) is 4.79 Å². The van der Waals surface area contributed by atoms with Crippen LogP contribution in [-0.4, -0.2) is 41.4 Å². The molecular formula is C12H12ClN3O4. The molecule has 4 amide bonds. The largest absolute Gasteiger partial charge is 0.440 e. The van der Waals surface area contributed by atoms with Gasteiger partial charge in [0.1, 0.15) is 5.54 Å². The van der Waals surface area contributed by atoms with E-state index < -0.39 is 17.5 Å². The van der Waals surface area contributed by atoms with E-state index in [-0.39, 0.29) is 23.4 Å². The first kappa shape index (κ1) is 13.0. The molecule has 2 saturated heterocycles. The molecule has 2 N–H and O–H groups in total. The van der Waals surface area contributed by atoms with Crippen molar-refractivity contribution < 1.29 is 18.8 Å². The van der Waals surface area contributed by atoms with E-state index in [9.17, 15) is 14.4 Å². The third-order valence-electron chi connectivity index (χ3n) is 3.58. The molecular weight excluding hydrogens is 286 g/mol. The normalized spacial score (nSPS) is 25.8. The summed E-state index contributed by atoms with van der Waals surface area (Å²) in [6.45, 7) is 0.629. The van der Waals surface area contributed by atoms with E-state index in [4.69, 9.17) is 16.0 Å². The lowest BCUT2D eigenvalue weighted by Gasteiger charge is -2.37. The zero-order valence-electron chi connectivity index (χ0n) is 10.4. The Morgan fingerprint density at radius 2 is 2.20 bits per heavy atom. The number of furan rings is 1. The Hall–Kier alpha value is -2.02. The number of piperidine rings is 1. The summed E-state index contributed by atoms with van der Waals surface area (Å²) in [6.07, 6.45) is 1.13. The molecule has 3 heterocycles. The SMILES string of the molecule is O=C1NC(=O)C2(CCCN(C(=O)c3ccc(Cl)o3)C2)N1. The quantitative estimate of drug-likeness (QED) is 0.748. The minimum Gasteiger partial charge on any atom is -0.440 e. The molecule has 3 rings (SSSR count). The van der Waals surface area contributed by atoms with E-state index in [1.807, 2.05) is 0 Å². The van der Waals surface area contributed by atoms with Gasteiger partial charge < -0.3 is 14.6 Å². The van der Waals surface area contributed by atoms with Crippen LogP contribution in [0.4, 0.5) is 4.79 Å². The number of hydrogen-bond donors (Lipinski definition) is 2. The molecule has 0 aliphatic carbocycles. The third-order valence-corrected chi connectivity index (χ3v) is 3.78. The van der Waals surface area contributed by atoms with Crippen LogP contribution < -0.4 is 10.6 Å². The van der Waals surface area contributed by atoms with E-state index in [1.165, 1.54) is 17.0 Å². The third kappa shape index (κ3) is 2.03. The van der Waals surface area contributed by atoms with Gasteiger partial charge in [0.15, 0.2) is 11.0 Å². The molecule has 2 fully saturated rings. The predicted molar refractivity (Wildman–Crippen MR) is 68.3 cm³/mol. The number of amides is 4. The lowest BCUT2D eigenvalue weighted by Crippen LogP contribution is -2.59. The summed E-state index contributed by atoms with van der Waals surface area (Å²) in [7, 11) is 0. The van der Waals surface area contributed by atoms with Gasteiger partial charge in [-0.1, -0.05) is 0 Å². The maximum atomic E-state index is 12.3. The number of nitrogens with one attached hydrogen (secondary N) is 2. The lowest BCUT2D eigenvalue weighted by atomic mass is 9.89. The highest BCUT2D eigenvalue weighted by molar-refractivity contribution is 6.29. The second kappa shape index (κ2) is 4.52. The first-order chi connectivity index (χ1) is 9.50. The average molecular weight is 298 g/mol. The molecule has 8 heteroatoms. The van der Waals surface area contributed by atoms with Crippen LogP contribution in [0.3, 0.4) is 0 Å². The minimum absolute atomic E-state index is 0.122. The van der Waals surface area contributed by atoms with Gasteiger partial charge in [0.25, 0.3) is 11.8 Å². The van der Waals surface area contributed by atoms with Crippen LogP contribution in [0.15, 0.2) is 16.5 Å². The number of nitrogens with zero attached hydrogens (tertiary/aromatic N) is 1. The number of likely N-dealkylation sites (tertiary alicyclic amines) is 1. The molecule has 2 aliphatic heterocycles. The van der Waals surface area contributed by atoms with Gasteiger partial charge in [0, 0.05) is 6.54 Å². The first-order valence-electron chi connectivity index (χ1n) is 6.18. The highest BCUT2D eigenvalue weighted by Crippen LogP contribution is 2.26. The summed E-state index contributed by atoms with van der Waals surface area (Å²) < 4.78 is 5.08. The van der Waals surface area contributed by atoms with Crippen LogP contribution in [0.25, 0.3) is 0 Å². The molecule has 1 aromatic rings. The smallest absolute Gasteiger partial charge is 0.322 e. The van der Waals surface area contributed by atoms with Gasteiger partial charge in [-0.15, -0.1) is 0 Å². The summed E-state index contributed by atoms with van der Waals surface area (Å²) >= 11 is 5.65. The Labute approximate surface area is 119 Å². The van der Waals surface area contributed by atoms with Crippen LogP contribution >= 0.6 is 11.6 Å². The van der Waals surface area contributed by atoms with E-state index in [1.54, 1.807) is 0 Å². The van der Waals surface area contributed by atoms with Crippen molar-refractivity contribution >= 4 is 29.4 Å². The van der Waals surface area contributed by atoms with Gasteiger partial charge >= 0.3 is 6.03 Å². The molecule has 0 aromatic carbocycles. The van der Waals surface area contributed by atoms with Crippen molar-refractivity contribution in [1.29, 1.82) is 0 Å². The summed E-state index contributed by atoms with van der Waals surface area (Å²) in [5.41, 5.74) is -1.03. The van der Waals surface area contributed by atoms with Crippen molar-refractivity contribution in [1.82, 2.24) is 15.5 Å². The molecule has 106 valence electrons. The number of carbonyl (C=O) groups is 3. The number of halogens is 1. The zero-order valence-corrected chi connectivity index (χ0v) is 11.2. The fourth-order valence-corrected chi connectivity index (χ4v) is 2.78. The maximum Gasteiger partial charge on any atom is 0.322 e. The second-order valence-electron chi connectivity index (χ2n) is 4.92. The van der Waals surface area contributed by atoms with Gasteiger partial charge in [-0.3, -0.25) is 14.9 Å². The fourth-order valence-electron chi connectivity index (χ4n) is 2.63. The lowest BCUT2D eigenvalue weighted by molar-refractivity contribution is -0.125. The monoisotopic (exact) mass is 297 g/mol. The fraction of sp³-hybridized carbons (Fsp3) is 0.417. The summed E-state index contributed by atoms with van der Waals surface area (Å²) in [4.78, 5) is 36.9. The van der Waals surface area contributed by atoms with E-state index in [0.717, 1.165) is 0 Å². The van der Waals surface area contributed by atoms with Crippen molar-refractivity contribution in [3.8, 4) is 0 Å². The highest BCUT2D eigenvalue weighted by Gasteiger charge is 2.49. The first-order valence-corrected chi connectivity index (χ1v) is 6.56. The number of imide groups is 1. The Bertz CT molecular complexity index is 599. The number of hydrogen-bond acceptors (Lipinski definition) is 4. The molecule has 0 bridgehead atoms. The molecule has 1 atom stereocenters. The molecule has 7 nitrogen and oxygen atoms in total. The van der Waals surface area contributed by atoms with Crippen molar-refractivity contribution in [3.05, 3.63) is 23.1 Å². The Morgan fingerprint density at radius 3 is 2.80 bits per heavy atom. The minimum atomic E-state index is -1.03. The van der Waals surface area contributed by atoms with Gasteiger partial charge in [-0.25, -0.2) is 4.79 Å². The van der Waals surface area contributed by atoms with Gasteiger partial charge in [0.2, 0.25) is 0 Å². The Balaban J connectivity index is 1.80. The van der Waals surface area contributed by atoms with Gasteiger partial charge in [0.05, 0.1) is 6.54 Å². The second-order valence-corrected chi connectivity index (χ2v) is 5.30. The van der Waals surface area contributed by atoms with Crippen molar-refractivity contribution in [2.45, 2.75) is 18.4 Å². The van der Waals surface area contributed by atoms with Gasteiger partial charge in [-0.05, 0) is 36.6 Å². The Morgan fingerprint density at radius 1 is 1.40 bits per heavy atom. The number of rotatable bonds is 1. The van der Waals surface area contributed by atoms with Crippen LogP contribution in [0, 0.1) is 0 Å². The number of carbonyl (C=O) groups excluding carboxylic acids is 3. The average Bonchev–Trinajstić information content (AvgIpc) is 2.94. The van der Waals surface area contributed by atoms with Crippen molar-refractivity contribution in [2.24, 2.45) is 0 Å². The van der Waals surface area contributed by atoms with Crippen LogP contribution in [0.2, 0.25) is 5.22 Å². The van der Waals surface area contributed by atoms with Gasteiger partial charge in [-0.2, -0.15) is 0 Å². The molecule has 20 heavy (non-hydrogen) atoms. The van der Waals surface area contributed by atoms with Crippen molar-refractivity contribution in [3.63, 3.8) is 0 Å². The summed E-state index contributed by atoms with van der Waals surface area (Å²) in [5.74, 6) is -0.612. The summed E-state index contributed by atoms with van der Waals surface area (Å²) in [6, 6.07) is 2.45. The van der Waals surface area contributed by atoms with E-state index >= 15 is 0 Å². The molecule has 2 aliphatic rings. The molecule has 0 saturated carbocycles. The standard InChI is InChI=1S/C12H12ClN3O4/c13-8-3-2-7(20-8)9(17)16-5-1-4-12(6-16)10(18)14-11(19)15-12/h2-3H,1,4-6H2,(H2,14,15,18,19). The molecule has 0 radical (unpaired) electrons. The topological polar surface area (TPSA) is 91.7 Å². The summed E-state index contributed by atoms with van der Waals surface area (Å²) in [5, 5.41) is 4.95. The van der Waals surface area contributed by atoms with Crippen LogP contribution in [0.1, 0.15) is 23.4 Å². The van der Waals surface area contributed by atoms with Crippen molar-refractivity contribution in [2.75, 3.05) is 13.1 Å². The Kier molecular flexibility index (Phi) is 2.93. The zero-order chi connectivity index (χ0) is 14.3. The van der Waals surface area contributed by atoms with E-state index in [0.29, 0.717) is 19.4 Å². The van der Waals surface area contributed by atoms with Crippen LogP contribution in [0.5, 0.6) is 0 Å². The predicted octanol–water partition coefficient (Wildman–Crippen LogP) is 0.747. The number of urea groups is 1. The highest BCUT2D eigenvalue weighted by atomic mass is 35.5. The van der Waals surface area contributed by atoms with E-state index in [2.05, 4.69) is 10.6 Å². The molecule has 1 spiro atoms. The molecule has 1 unspecified atom stereocenters.